The van der Waals surface area contributed by atoms with E-state index in [0.717, 1.165) is 102 Å². The Morgan fingerprint density at radius 3 is 1.45 bits per heavy atom. The summed E-state index contributed by atoms with van der Waals surface area (Å²) in [6.07, 6.45) is 41.1. The Morgan fingerprint density at radius 1 is 0.552 bits per heavy atom. The first-order valence-electron chi connectivity index (χ1n) is 25.0. The molecule has 0 amide bonds. The summed E-state index contributed by atoms with van der Waals surface area (Å²) in [6, 6.07) is 0. The molecule has 0 aliphatic heterocycles. The summed E-state index contributed by atoms with van der Waals surface area (Å²) in [7, 11) is 3.95. The Balaban J connectivity index is 4.48. The minimum absolute atomic E-state index is 0.0182. The standard InChI is InChI=1S/C49H98N4O5/c1-6-9-12-15-18-27-34-44-57-48(54)38-30-23-19-25-32-41-53(43-35-40-50-47(45-51-56)52(4)5)42-33-26-20-24-31-39-49(55)58-46(36-28-21-16-13-10-7-2)37-29-22-17-14-11-8-3/h45-46,50-51,56H,6-44H2,1-5H3/p+1/b47-45-. The van der Waals surface area contributed by atoms with E-state index in [9.17, 15) is 14.8 Å². The van der Waals surface area contributed by atoms with Gasteiger partial charge in [-0.15, -0.1) is 0 Å². The van der Waals surface area contributed by atoms with Crippen LogP contribution in [0.5, 0.6) is 0 Å². The fourth-order valence-corrected chi connectivity index (χ4v) is 7.69. The van der Waals surface area contributed by atoms with Crippen molar-refractivity contribution in [3.63, 3.8) is 0 Å². The van der Waals surface area contributed by atoms with Gasteiger partial charge in [-0.25, -0.2) is 5.21 Å². The molecule has 0 atom stereocenters. The predicted molar refractivity (Wildman–Crippen MR) is 245 cm³/mol. The highest BCUT2D eigenvalue weighted by Crippen LogP contribution is 2.19. The summed E-state index contributed by atoms with van der Waals surface area (Å²) in [5.74, 6) is 0.900. The minimum Gasteiger partial charge on any atom is -0.466 e. The lowest BCUT2D eigenvalue weighted by Gasteiger charge is -2.23. The molecule has 0 spiro atoms. The number of carbonyl (C=O) groups is 2. The van der Waals surface area contributed by atoms with Crippen LogP contribution in [0.1, 0.15) is 239 Å². The van der Waals surface area contributed by atoms with Gasteiger partial charge in [-0.05, 0) is 83.8 Å². The summed E-state index contributed by atoms with van der Waals surface area (Å²) in [5.41, 5.74) is 1.09. The van der Waals surface area contributed by atoms with E-state index in [0.29, 0.717) is 19.4 Å². The second kappa shape index (κ2) is 44.7. The Bertz CT molecular complexity index is 902. The maximum atomic E-state index is 12.8. The molecule has 0 saturated heterocycles. The van der Waals surface area contributed by atoms with E-state index in [2.05, 4.69) is 31.0 Å². The van der Waals surface area contributed by atoms with Crippen molar-refractivity contribution in [2.24, 2.45) is 0 Å². The lowest BCUT2D eigenvalue weighted by Crippen LogP contribution is -2.74. The highest BCUT2D eigenvalue weighted by atomic mass is 16.5. The Hall–Kier alpha value is -1.84. The van der Waals surface area contributed by atoms with Gasteiger partial charge in [0.15, 0.2) is 12.0 Å². The van der Waals surface area contributed by atoms with Gasteiger partial charge in [-0.2, -0.15) is 5.48 Å². The second-order valence-corrected chi connectivity index (χ2v) is 17.3. The van der Waals surface area contributed by atoms with Crippen molar-refractivity contribution >= 4 is 11.9 Å². The average Bonchev–Trinajstić information content (AvgIpc) is 3.21. The van der Waals surface area contributed by atoms with E-state index in [1.54, 1.807) is 6.20 Å². The molecule has 0 aromatic rings. The number of ether oxygens (including phenoxy) is 2. The SMILES string of the molecule is CCCCCCCCCOC(=O)CCCCCCCN(CCCCCCCC(=O)OC(CCCCCCCC)CCCCCCCC)CCCN/C(=C/[NH2+]O)N(C)C. The number of nitrogens with zero attached hydrogens (tertiary/aromatic N) is 2. The number of nitrogens with one attached hydrogen (secondary N) is 1. The second-order valence-electron chi connectivity index (χ2n) is 17.3. The molecule has 58 heavy (non-hydrogen) atoms. The molecule has 0 unspecified atom stereocenters. The first-order valence-corrected chi connectivity index (χ1v) is 25.0. The smallest absolute Gasteiger partial charge is 0.306 e. The van der Waals surface area contributed by atoms with E-state index in [1.807, 2.05) is 19.0 Å². The molecule has 0 heterocycles. The maximum absolute atomic E-state index is 12.8. The highest BCUT2D eigenvalue weighted by molar-refractivity contribution is 5.69. The number of hydrogen-bond acceptors (Lipinski definition) is 8. The van der Waals surface area contributed by atoms with Crippen molar-refractivity contribution < 1.29 is 29.8 Å². The van der Waals surface area contributed by atoms with Crippen molar-refractivity contribution in [2.75, 3.05) is 46.9 Å². The summed E-state index contributed by atoms with van der Waals surface area (Å²) in [5, 5.41) is 12.7. The van der Waals surface area contributed by atoms with Gasteiger partial charge in [0.25, 0.3) is 0 Å². The van der Waals surface area contributed by atoms with Crippen molar-refractivity contribution in [2.45, 2.75) is 245 Å². The fourth-order valence-electron chi connectivity index (χ4n) is 7.69. The van der Waals surface area contributed by atoms with Gasteiger partial charge >= 0.3 is 11.9 Å². The number of rotatable bonds is 46. The zero-order valence-corrected chi connectivity index (χ0v) is 39.3. The van der Waals surface area contributed by atoms with Crippen molar-refractivity contribution in [3.8, 4) is 0 Å². The molecule has 0 aliphatic carbocycles. The number of quaternary nitrogens is 1. The molecule has 0 aliphatic rings. The van der Waals surface area contributed by atoms with Gasteiger partial charge in [-0.3, -0.25) is 9.59 Å². The van der Waals surface area contributed by atoms with Crippen LogP contribution in [0.3, 0.4) is 0 Å². The molecule has 0 rings (SSSR count). The van der Waals surface area contributed by atoms with Crippen LogP contribution >= 0.6 is 0 Å². The van der Waals surface area contributed by atoms with Gasteiger partial charge < -0.3 is 24.6 Å². The number of nitrogens with two attached hydrogens (primary N) is 1. The Kier molecular flexibility index (Phi) is 43.3. The number of hydroxylamine groups is 1. The Morgan fingerprint density at radius 2 is 0.966 bits per heavy atom. The van der Waals surface area contributed by atoms with Gasteiger partial charge in [-0.1, -0.05) is 162 Å². The van der Waals surface area contributed by atoms with Gasteiger partial charge in [0.05, 0.1) is 6.61 Å². The van der Waals surface area contributed by atoms with E-state index in [1.165, 1.54) is 141 Å². The van der Waals surface area contributed by atoms with E-state index < -0.39 is 0 Å². The highest BCUT2D eigenvalue weighted by Gasteiger charge is 2.14. The third kappa shape index (κ3) is 39.6. The molecule has 0 aromatic heterocycles. The lowest BCUT2D eigenvalue weighted by atomic mass is 10.0. The molecule has 0 aromatic carbocycles. The summed E-state index contributed by atoms with van der Waals surface area (Å²) < 4.78 is 11.5. The molecule has 9 nitrogen and oxygen atoms in total. The van der Waals surface area contributed by atoms with Crippen LogP contribution in [0, 0.1) is 0 Å². The van der Waals surface area contributed by atoms with Crippen LogP contribution in [-0.4, -0.2) is 79.9 Å². The number of unbranched alkanes of at least 4 members (excludes halogenated alkanes) is 24. The molecule has 0 fully saturated rings. The molecular weight excluding hydrogens is 725 g/mol. The quantitative estimate of drug-likeness (QED) is 0.0316. The topological polar surface area (TPSA) is 108 Å². The zero-order valence-electron chi connectivity index (χ0n) is 39.3. The predicted octanol–water partition coefficient (Wildman–Crippen LogP) is 12.0. The van der Waals surface area contributed by atoms with Crippen LogP contribution in [0.4, 0.5) is 0 Å². The maximum Gasteiger partial charge on any atom is 0.306 e. The summed E-state index contributed by atoms with van der Waals surface area (Å²) in [6.45, 7) is 11.5. The van der Waals surface area contributed by atoms with Crippen LogP contribution in [-0.2, 0) is 19.1 Å². The molecule has 344 valence electrons. The summed E-state index contributed by atoms with van der Waals surface area (Å²) >= 11 is 0. The van der Waals surface area contributed by atoms with Gasteiger partial charge in [0.1, 0.15) is 6.10 Å². The molecule has 0 bridgehead atoms. The van der Waals surface area contributed by atoms with E-state index >= 15 is 0 Å². The normalized spacial score (nSPS) is 11.8. The monoisotopic (exact) mass is 824 g/mol. The van der Waals surface area contributed by atoms with Crippen LogP contribution < -0.4 is 10.8 Å². The minimum atomic E-state index is -0.0268. The molecule has 4 N–H and O–H groups in total. The number of hydrogen-bond donors (Lipinski definition) is 3. The van der Waals surface area contributed by atoms with E-state index in [-0.39, 0.29) is 18.0 Å². The van der Waals surface area contributed by atoms with Gasteiger partial charge in [0, 0.05) is 33.5 Å². The van der Waals surface area contributed by atoms with Crippen LogP contribution in [0.2, 0.25) is 0 Å². The first kappa shape index (κ1) is 56.2. The third-order valence-electron chi connectivity index (χ3n) is 11.5. The zero-order chi connectivity index (χ0) is 42.6. The molecule has 9 heteroatoms. The van der Waals surface area contributed by atoms with Crippen molar-refractivity contribution in [3.05, 3.63) is 12.0 Å². The fraction of sp³-hybridized carbons (Fsp3) is 0.918. The van der Waals surface area contributed by atoms with E-state index in [4.69, 9.17) is 9.47 Å². The lowest BCUT2D eigenvalue weighted by molar-refractivity contribution is -0.839. The molecular formula is C49H99N4O5+. The number of esters is 2. The third-order valence-corrected chi connectivity index (χ3v) is 11.5. The first-order chi connectivity index (χ1) is 28.4. The van der Waals surface area contributed by atoms with Crippen LogP contribution in [0.25, 0.3) is 0 Å². The molecule has 0 saturated carbocycles. The van der Waals surface area contributed by atoms with Crippen molar-refractivity contribution in [1.82, 2.24) is 15.1 Å². The average molecular weight is 824 g/mol. The number of carbonyl (C=O) groups excluding carboxylic acids is 2. The largest absolute Gasteiger partial charge is 0.466 e. The van der Waals surface area contributed by atoms with Crippen LogP contribution in [0.15, 0.2) is 12.0 Å². The summed E-state index contributed by atoms with van der Waals surface area (Å²) in [4.78, 5) is 29.6. The van der Waals surface area contributed by atoms with Gasteiger partial charge in [0.2, 0.25) is 0 Å². The van der Waals surface area contributed by atoms with Crippen molar-refractivity contribution in [1.29, 1.82) is 0 Å². The molecule has 0 radical (unpaired) electrons. The Labute approximate surface area is 359 Å².